The summed E-state index contributed by atoms with van der Waals surface area (Å²) < 4.78 is 11.3. The Morgan fingerprint density at radius 2 is 1.96 bits per heavy atom. The monoisotopic (exact) mass is 323 g/mol. The number of hydrogen-bond acceptors (Lipinski definition) is 4. The summed E-state index contributed by atoms with van der Waals surface area (Å²) in [6, 6.07) is 7.86. The van der Waals surface area contributed by atoms with E-state index in [0.29, 0.717) is 19.1 Å². The number of nitrogens with two attached hydrogens (primary N) is 1. The first-order chi connectivity index (χ1) is 11.0. The standard InChI is InChI=1S/C17H29N3O3/c1-5-13(2)15-6-8-16(9-7-15)23-14(3)22-11-10-20(12-18)17(21)19-4/h6-9,13-14H,5,10-12,18H2,1-4H3,(H,19,21). The summed E-state index contributed by atoms with van der Waals surface area (Å²) in [7, 11) is 1.57. The highest BCUT2D eigenvalue weighted by Crippen LogP contribution is 2.22. The Kier molecular flexibility index (Phi) is 8.43. The molecule has 0 aromatic heterocycles. The maximum Gasteiger partial charge on any atom is 0.318 e. The maximum atomic E-state index is 11.5. The van der Waals surface area contributed by atoms with Crippen LogP contribution in [-0.2, 0) is 4.74 Å². The van der Waals surface area contributed by atoms with E-state index in [-0.39, 0.29) is 12.7 Å². The van der Waals surface area contributed by atoms with Crippen molar-refractivity contribution < 1.29 is 14.3 Å². The largest absolute Gasteiger partial charge is 0.465 e. The van der Waals surface area contributed by atoms with Gasteiger partial charge in [-0.15, -0.1) is 0 Å². The number of amides is 2. The van der Waals surface area contributed by atoms with E-state index in [1.807, 2.05) is 19.1 Å². The molecule has 6 heteroatoms. The maximum absolute atomic E-state index is 11.5. The van der Waals surface area contributed by atoms with Crippen LogP contribution < -0.4 is 15.8 Å². The van der Waals surface area contributed by atoms with Gasteiger partial charge in [0.25, 0.3) is 0 Å². The molecule has 1 aromatic carbocycles. The number of rotatable bonds is 9. The number of ether oxygens (including phenoxy) is 2. The van der Waals surface area contributed by atoms with E-state index in [1.54, 1.807) is 7.05 Å². The first kappa shape index (κ1) is 19.3. The SMILES string of the molecule is CCC(C)c1ccc(OC(C)OCCN(CN)C(=O)NC)cc1. The number of nitrogens with zero attached hydrogens (tertiary/aromatic N) is 1. The average Bonchev–Trinajstić information content (AvgIpc) is 2.58. The van der Waals surface area contributed by atoms with E-state index < -0.39 is 6.29 Å². The lowest BCUT2D eigenvalue weighted by Crippen LogP contribution is -2.43. The highest BCUT2D eigenvalue weighted by Gasteiger charge is 2.11. The number of carbonyl (C=O) groups is 1. The van der Waals surface area contributed by atoms with E-state index in [4.69, 9.17) is 15.2 Å². The molecule has 0 aliphatic heterocycles. The molecule has 1 rings (SSSR count). The molecule has 0 aliphatic carbocycles. The van der Waals surface area contributed by atoms with Crippen molar-refractivity contribution in [3.05, 3.63) is 29.8 Å². The van der Waals surface area contributed by atoms with E-state index in [1.165, 1.54) is 10.5 Å². The fraction of sp³-hybridized carbons (Fsp3) is 0.588. The minimum absolute atomic E-state index is 0.148. The van der Waals surface area contributed by atoms with Crippen LogP contribution in [0.5, 0.6) is 5.75 Å². The summed E-state index contributed by atoms with van der Waals surface area (Å²) in [5.41, 5.74) is 6.82. The Bertz CT molecular complexity index is 465. The lowest BCUT2D eigenvalue weighted by atomic mass is 9.99. The molecular weight excluding hydrogens is 294 g/mol. The molecule has 0 fully saturated rings. The van der Waals surface area contributed by atoms with Crippen molar-refractivity contribution in [1.82, 2.24) is 10.2 Å². The highest BCUT2D eigenvalue weighted by molar-refractivity contribution is 5.73. The number of hydrogen-bond donors (Lipinski definition) is 2. The zero-order chi connectivity index (χ0) is 17.2. The van der Waals surface area contributed by atoms with Gasteiger partial charge < -0.3 is 25.4 Å². The first-order valence-electron chi connectivity index (χ1n) is 8.06. The van der Waals surface area contributed by atoms with Crippen molar-refractivity contribution in [1.29, 1.82) is 0 Å². The molecule has 130 valence electrons. The molecule has 0 bridgehead atoms. The third kappa shape index (κ3) is 6.46. The van der Waals surface area contributed by atoms with Gasteiger partial charge in [-0.3, -0.25) is 0 Å². The van der Waals surface area contributed by atoms with Gasteiger partial charge in [0.1, 0.15) is 5.75 Å². The fourth-order valence-electron chi connectivity index (χ4n) is 2.10. The Morgan fingerprint density at radius 1 is 1.30 bits per heavy atom. The molecule has 0 heterocycles. The lowest BCUT2D eigenvalue weighted by molar-refractivity contribution is -0.0696. The molecule has 0 aliphatic rings. The van der Waals surface area contributed by atoms with Crippen molar-refractivity contribution in [3.8, 4) is 5.75 Å². The van der Waals surface area contributed by atoms with Gasteiger partial charge in [-0.05, 0) is 37.0 Å². The van der Waals surface area contributed by atoms with E-state index in [9.17, 15) is 4.79 Å². The summed E-state index contributed by atoms with van der Waals surface area (Å²) in [5, 5.41) is 2.53. The predicted octanol–water partition coefficient (Wildman–Crippen LogP) is 2.50. The Morgan fingerprint density at radius 3 is 2.48 bits per heavy atom. The van der Waals surface area contributed by atoms with Gasteiger partial charge in [-0.1, -0.05) is 26.0 Å². The normalized spacial score (nSPS) is 13.3. The minimum Gasteiger partial charge on any atom is -0.465 e. The third-order valence-electron chi connectivity index (χ3n) is 3.80. The molecule has 2 amide bonds. The fourth-order valence-corrected chi connectivity index (χ4v) is 2.10. The molecule has 6 nitrogen and oxygen atoms in total. The van der Waals surface area contributed by atoms with Crippen LogP contribution in [0.4, 0.5) is 4.79 Å². The second-order valence-corrected chi connectivity index (χ2v) is 5.44. The summed E-state index contributed by atoms with van der Waals surface area (Å²) >= 11 is 0. The van der Waals surface area contributed by atoms with E-state index >= 15 is 0 Å². The lowest BCUT2D eigenvalue weighted by Gasteiger charge is -2.21. The number of carbonyl (C=O) groups excluding carboxylic acids is 1. The summed E-state index contributed by atoms with van der Waals surface area (Å²) in [6.45, 7) is 7.13. The van der Waals surface area contributed by atoms with Gasteiger partial charge in [-0.2, -0.15) is 0 Å². The van der Waals surface area contributed by atoms with Crippen molar-refractivity contribution >= 4 is 6.03 Å². The van der Waals surface area contributed by atoms with Crippen molar-refractivity contribution in [3.63, 3.8) is 0 Å². The number of benzene rings is 1. The molecule has 0 saturated carbocycles. The third-order valence-corrected chi connectivity index (χ3v) is 3.80. The quantitative estimate of drug-likeness (QED) is 0.685. The minimum atomic E-state index is -0.395. The van der Waals surface area contributed by atoms with Crippen LogP contribution >= 0.6 is 0 Å². The molecule has 0 radical (unpaired) electrons. The Balaban J connectivity index is 2.38. The second-order valence-electron chi connectivity index (χ2n) is 5.44. The van der Waals surface area contributed by atoms with Crippen LogP contribution in [0.1, 0.15) is 38.7 Å². The Hall–Kier alpha value is -1.79. The van der Waals surface area contributed by atoms with Gasteiger partial charge >= 0.3 is 6.03 Å². The topological polar surface area (TPSA) is 76.8 Å². The van der Waals surface area contributed by atoms with Gasteiger partial charge in [0, 0.05) is 13.6 Å². The van der Waals surface area contributed by atoms with Gasteiger partial charge in [0.2, 0.25) is 0 Å². The number of urea groups is 1. The van der Waals surface area contributed by atoms with Crippen LogP contribution in [-0.4, -0.2) is 44.1 Å². The zero-order valence-electron chi connectivity index (χ0n) is 14.5. The molecule has 0 saturated heterocycles. The van der Waals surface area contributed by atoms with Crippen LogP contribution in [0.15, 0.2) is 24.3 Å². The van der Waals surface area contributed by atoms with Crippen molar-refractivity contribution in [2.75, 3.05) is 26.9 Å². The van der Waals surface area contributed by atoms with Gasteiger partial charge in [-0.25, -0.2) is 4.79 Å². The van der Waals surface area contributed by atoms with Crippen LogP contribution in [0.2, 0.25) is 0 Å². The number of nitrogens with one attached hydrogen (secondary N) is 1. The van der Waals surface area contributed by atoms with Crippen molar-refractivity contribution in [2.24, 2.45) is 5.73 Å². The van der Waals surface area contributed by atoms with E-state index in [0.717, 1.165) is 12.2 Å². The first-order valence-corrected chi connectivity index (χ1v) is 8.06. The smallest absolute Gasteiger partial charge is 0.318 e. The molecule has 0 spiro atoms. The molecule has 1 aromatic rings. The van der Waals surface area contributed by atoms with Crippen LogP contribution in [0, 0.1) is 0 Å². The summed E-state index contributed by atoms with van der Waals surface area (Å²) in [5.74, 6) is 1.32. The summed E-state index contributed by atoms with van der Waals surface area (Å²) in [6.07, 6.45) is 0.719. The predicted molar refractivity (Wildman–Crippen MR) is 91.4 cm³/mol. The van der Waals surface area contributed by atoms with Crippen molar-refractivity contribution in [2.45, 2.75) is 39.4 Å². The summed E-state index contributed by atoms with van der Waals surface area (Å²) in [4.78, 5) is 12.9. The molecular formula is C17H29N3O3. The molecule has 3 N–H and O–H groups in total. The van der Waals surface area contributed by atoms with Crippen LogP contribution in [0.3, 0.4) is 0 Å². The van der Waals surface area contributed by atoms with Gasteiger partial charge in [0.05, 0.1) is 13.3 Å². The average molecular weight is 323 g/mol. The highest BCUT2D eigenvalue weighted by atomic mass is 16.7. The second kappa shape index (κ2) is 10.1. The van der Waals surface area contributed by atoms with E-state index in [2.05, 4.69) is 31.3 Å². The van der Waals surface area contributed by atoms with Gasteiger partial charge in [0.15, 0.2) is 6.29 Å². The molecule has 2 unspecified atom stereocenters. The molecule has 2 atom stereocenters. The zero-order valence-corrected chi connectivity index (χ0v) is 14.5. The Labute approximate surface area is 138 Å². The molecule has 23 heavy (non-hydrogen) atoms. The van der Waals surface area contributed by atoms with Crippen LogP contribution in [0.25, 0.3) is 0 Å².